The number of hydrogen-bond acceptors (Lipinski definition) is 3. The number of fused-ring (bicyclic) bond motifs is 4. The lowest BCUT2D eigenvalue weighted by molar-refractivity contribution is 0.0594. The summed E-state index contributed by atoms with van der Waals surface area (Å²) in [6, 6.07) is 21.1. The van der Waals surface area contributed by atoms with Gasteiger partial charge in [0.1, 0.15) is 0 Å². The fraction of sp³-hybridized carbons (Fsp3) is 0.310. The summed E-state index contributed by atoms with van der Waals surface area (Å²) in [5.41, 5.74) is 5.64. The van der Waals surface area contributed by atoms with Crippen LogP contribution in [-0.4, -0.2) is 27.2 Å². The van der Waals surface area contributed by atoms with E-state index in [4.69, 9.17) is 9.72 Å². The number of methoxy groups -OCH3 is 1. The Morgan fingerprint density at radius 2 is 1.53 bits per heavy atom. The second kappa shape index (κ2) is 9.34. The Morgan fingerprint density at radius 1 is 0.853 bits per heavy atom. The summed E-state index contributed by atoms with van der Waals surface area (Å²) in [5, 5.41) is 3.45. The molecule has 0 fully saturated rings. The van der Waals surface area contributed by atoms with Crippen LogP contribution in [0, 0.1) is 0 Å². The van der Waals surface area contributed by atoms with E-state index in [1.165, 1.54) is 28.9 Å². The fourth-order valence-electron chi connectivity index (χ4n) is 4.98. The average Bonchev–Trinajstić information content (AvgIpc) is 3.40. The van der Waals surface area contributed by atoms with Crippen LogP contribution in [0.15, 0.2) is 60.7 Å². The Hall–Kier alpha value is -3.60. The Bertz CT molecular complexity index is 1490. The normalized spacial score (nSPS) is 11.6. The number of nitrogens with zero attached hydrogens (tertiary/aromatic N) is 3. The van der Waals surface area contributed by atoms with E-state index in [-0.39, 0.29) is 0 Å². The number of carbonyl (C=O) groups excluding carboxylic acids is 1. The summed E-state index contributed by atoms with van der Waals surface area (Å²) < 4.78 is 9.81. The van der Waals surface area contributed by atoms with Gasteiger partial charge in [0.15, 0.2) is 5.69 Å². The second-order valence-electron chi connectivity index (χ2n) is 8.86. The smallest absolute Gasteiger partial charge is 0.356 e. The van der Waals surface area contributed by atoms with Crippen molar-refractivity contribution in [2.24, 2.45) is 0 Å². The number of carbonyl (C=O) groups is 1. The maximum atomic E-state index is 12.7. The summed E-state index contributed by atoms with van der Waals surface area (Å²) in [5.74, 6) is -0.410. The molecule has 5 rings (SSSR count). The highest BCUT2D eigenvalue weighted by atomic mass is 16.5. The highest BCUT2D eigenvalue weighted by Crippen LogP contribution is 2.38. The molecule has 34 heavy (non-hydrogen) atoms. The number of aromatic nitrogens is 3. The average molecular weight is 454 g/mol. The molecule has 0 amide bonds. The summed E-state index contributed by atoms with van der Waals surface area (Å²) in [6.07, 6.45) is 4.34. The van der Waals surface area contributed by atoms with Crippen molar-refractivity contribution in [2.75, 3.05) is 7.11 Å². The van der Waals surface area contributed by atoms with Gasteiger partial charge in [0.05, 0.1) is 24.0 Å². The summed E-state index contributed by atoms with van der Waals surface area (Å²) in [4.78, 5) is 17.7. The quantitative estimate of drug-likeness (QED) is 0.233. The van der Waals surface area contributed by atoms with Crippen LogP contribution in [0.5, 0.6) is 0 Å². The first kappa shape index (κ1) is 22.2. The zero-order chi connectivity index (χ0) is 23.7. The molecule has 3 aromatic heterocycles. The molecule has 0 atom stereocenters. The number of unbranched alkanes of at least 4 members (excludes halogenated alkanes) is 2. The fourth-order valence-corrected chi connectivity index (χ4v) is 4.98. The van der Waals surface area contributed by atoms with Gasteiger partial charge in [-0.1, -0.05) is 63.1 Å². The van der Waals surface area contributed by atoms with Crippen LogP contribution in [0.4, 0.5) is 0 Å². The number of para-hydroxylation sites is 2. The first-order valence-corrected chi connectivity index (χ1v) is 12.3. The van der Waals surface area contributed by atoms with E-state index >= 15 is 0 Å². The molecule has 0 aliphatic heterocycles. The Labute approximate surface area is 200 Å². The van der Waals surface area contributed by atoms with Gasteiger partial charge in [0.25, 0.3) is 0 Å². The van der Waals surface area contributed by atoms with Crippen molar-refractivity contribution in [1.29, 1.82) is 0 Å². The molecule has 5 heteroatoms. The van der Waals surface area contributed by atoms with Gasteiger partial charge < -0.3 is 13.9 Å². The lowest BCUT2D eigenvalue weighted by Crippen LogP contribution is -2.08. The predicted octanol–water partition coefficient (Wildman–Crippen LogP) is 7.20. The van der Waals surface area contributed by atoms with Crippen LogP contribution in [0.25, 0.3) is 44.1 Å². The molecule has 0 radical (unpaired) electrons. The minimum Gasteiger partial charge on any atom is -0.464 e. The number of benzene rings is 2. The van der Waals surface area contributed by atoms with Gasteiger partial charge in [-0.15, -0.1) is 0 Å². The molecule has 174 valence electrons. The van der Waals surface area contributed by atoms with E-state index in [2.05, 4.69) is 77.6 Å². The number of esters is 1. The van der Waals surface area contributed by atoms with Crippen molar-refractivity contribution in [1.82, 2.24) is 14.1 Å². The van der Waals surface area contributed by atoms with Gasteiger partial charge in [-0.05, 0) is 37.1 Å². The molecule has 0 N–H and O–H groups in total. The Kier molecular flexibility index (Phi) is 6.10. The van der Waals surface area contributed by atoms with Crippen molar-refractivity contribution in [2.45, 2.75) is 52.6 Å². The molecular weight excluding hydrogens is 422 g/mol. The second-order valence-corrected chi connectivity index (χ2v) is 8.86. The molecule has 0 saturated heterocycles. The van der Waals surface area contributed by atoms with Crippen LogP contribution in [0.1, 0.15) is 50.0 Å². The maximum absolute atomic E-state index is 12.7. The van der Waals surface area contributed by atoms with Crippen molar-refractivity contribution in [3.63, 3.8) is 0 Å². The van der Waals surface area contributed by atoms with Crippen molar-refractivity contribution in [3.8, 4) is 11.4 Å². The minimum atomic E-state index is -0.410. The third kappa shape index (κ3) is 3.65. The zero-order valence-electron chi connectivity index (χ0n) is 20.2. The highest BCUT2D eigenvalue weighted by Gasteiger charge is 2.23. The lowest BCUT2D eigenvalue weighted by Gasteiger charge is -2.13. The number of ether oxygens (including phenoxy) is 1. The van der Waals surface area contributed by atoms with Crippen LogP contribution >= 0.6 is 0 Å². The summed E-state index contributed by atoms with van der Waals surface area (Å²) in [6.45, 7) is 6.21. The standard InChI is InChI=1S/C29H31N3O2/c1-4-6-16-31-23-14-10-8-12-20(23)18-26(31)28-27-21-13-9-11-15-24(21)32(17-7-5-2)25(27)19-22(30-28)29(33)34-3/h8-15,18-19H,4-7,16-17H2,1-3H3. The van der Waals surface area contributed by atoms with Crippen molar-refractivity contribution >= 4 is 38.7 Å². The first-order valence-electron chi connectivity index (χ1n) is 12.3. The molecule has 0 unspecified atom stereocenters. The monoisotopic (exact) mass is 453 g/mol. The number of pyridine rings is 1. The summed E-state index contributed by atoms with van der Waals surface area (Å²) >= 11 is 0. The molecule has 0 saturated carbocycles. The zero-order valence-corrected chi connectivity index (χ0v) is 20.2. The molecule has 0 spiro atoms. The van der Waals surface area contributed by atoms with Gasteiger partial charge in [-0.3, -0.25) is 0 Å². The van der Waals surface area contributed by atoms with Gasteiger partial charge >= 0.3 is 5.97 Å². The molecule has 2 aromatic carbocycles. The molecule has 0 aliphatic rings. The molecule has 5 aromatic rings. The number of hydrogen-bond donors (Lipinski definition) is 0. The number of aryl methyl sites for hydroxylation is 2. The summed E-state index contributed by atoms with van der Waals surface area (Å²) in [7, 11) is 1.42. The first-order chi connectivity index (χ1) is 16.7. The van der Waals surface area contributed by atoms with E-state index in [9.17, 15) is 4.79 Å². The van der Waals surface area contributed by atoms with E-state index in [1.54, 1.807) is 0 Å². The lowest BCUT2D eigenvalue weighted by atomic mass is 10.1. The predicted molar refractivity (Wildman–Crippen MR) is 139 cm³/mol. The SMILES string of the molecule is CCCCn1c(-c2nc(C(=O)OC)cc3c2c2ccccc2n3CCCC)cc2ccccc21. The van der Waals surface area contributed by atoms with Crippen LogP contribution in [0.3, 0.4) is 0 Å². The molecule has 3 heterocycles. The molecule has 0 bridgehead atoms. The van der Waals surface area contributed by atoms with Gasteiger partial charge in [-0.25, -0.2) is 9.78 Å². The van der Waals surface area contributed by atoms with Crippen LogP contribution in [-0.2, 0) is 17.8 Å². The molecule has 5 nitrogen and oxygen atoms in total. The van der Waals surface area contributed by atoms with Crippen LogP contribution in [0.2, 0.25) is 0 Å². The van der Waals surface area contributed by atoms with Gasteiger partial charge in [0, 0.05) is 40.3 Å². The molecular formula is C29H31N3O2. The molecule has 0 aliphatic carbocycles. The Balaban J connectivity index is 1.90. The third-order valence-corrected chi connectivity index (χ3v) is 6.67. The van der Waals surface area contributed by atoms with Crippen molar-refractivity contribution in [3.05, 3.63) is 66.4 Å². The van der Waals surface area contributed by atoms with Gasteiger partial charge in [-0.2, -0.15) is 0 Å². The van der Waals surface area contributed by atoms with E-state index in [0.29, 0.717) is 5.69 Å². The minimum absolute atomic E-state index is 0.345. The van der Waals surface area contributed by atoms with Gasteiger partial charge in [0.2, 0.25) is 0 Å². The maximum Gasteiger partial charge on any atom is 0.356 e. The van der Waals surface area contributed by atoms with E-state index in [0.717, 1.165) is 61.1 Å². The Morgan fingerprint density at radius 3 is 2.26 bits per heavy atom. The number of rotatable bonds is 8. The van der Waals surface area contributed by atoms with Crippen molar-refractivity contribution < 1.29 is 9.53 Å². The topological polar surface area (TPSA) is 49.1 Å². The van der Waals surface area contributed by atoms with Crippen LogP contribution < -0.4 is 0 Å². The van der Waals surface area contributed by atoms with E-state index in [1.807, 2.05) is 6.07 Å². The van der Waals surface area contributed by atoms with E-state index < -0.39 is 5.97 Å². The highest BCUT2D eigenvalue weighted by molar-refractivity contribution is 6.15. The largest absolute Gasteiger partial charge is 0.464 e. The third-order valence-electron chi connectivity index (χ3n) is 6.67.